The fraction of sp³-hybridized carbons (Fsp3) is 0.300. The lowest BCUT2D eigenvalue weighted by Gasteiger charge is -2.07. The first kappa shape index (κ1) is 11.0. The van der Waals surface area contributed by atoms with Crippen molar-refractivity contribution in [1.82, 2.24) is 0 Å². The van der Waals surface area contributed by atoms with Crippen LogP contribution < -0.4 is 0 Å². The Morgan fingerprint density at radius 3 is 2.64 bits per heavy atom. The van der Waals surface area contributed by atoms with E-state index in [0.717, 1.165) is 4.90 Å². The fourth-order valence-corrected chi connectivity index (χ4v) is 1.76. The van der Waals surface area contributed by atoms with Crippen LogP contribution in [0.25, 0.3) is 0 Å². The van der Waals surface area contributed by atoms with Gasteiger partial charge in [-0.05, 0) is 30.9 Å². The van der Waals surface area contributed by atoms with E-state index in [1.165, 1.54) is 24.9 Å². The van der Waals surface area contributed by atoms with Gasteiger partial charge < -0.3 is 4.74 Å². The monoisotopic (exact) mass is 214 g/mol. The first-order valence-corrected chi connectivity index (χ1v) is 5.25. The van der Waals surface area contributed by atoms with Crippen LogP contribution in [0.5, 0.6) is 0 Å². The quantitative estimate of drug-likeness (QED) is 0.559. The Morgan fingerprint density at radius 2 is 2.14 bits per heavy atom. The third kappa shape index (κ3) is 1.90. The predicted octanol–water partition coefficient (Wildman–Crippen LogP) is 2.64. The largest absolute Gasteiger partial charge is 0.465 e. The molecule has 0 saturated heterocycles. The molecule has 1 aromatic rings. The number of hydrogen-bond donors (Lipinski definition) is 0. The summed E-state index contributed by atoms with van der Waals surface area (Å²) in [4.78, 5) is 11.9. The molecule has 0 aliphatic carbocycles. The van der Waals surface area contributed by atoms with E-state index in [4.69, 9.17) is 0 Å². The van der Waals surface area contributed by atoms with E-state index in [2.05, 4.69) is 4.74 Å². The van der Waals surface area contributed by atoms with Crippen molar-refractivity contribution < 1.29 is 13.9 Å². The second kappa shape index (κ2) is 4.46. The molecule has 0 aliphatic heterocycles. The van der Waals surface area contributed by atoms with Crippen LogP contribution in [0.2, 0.25) is 0 Å². The van der Waals surface area contributed by atoms with Crippen LogP contribution in [-0.2, 0) is 4.74 Å². The molecular formula is C10H11FO2S. The van der Waals surface area contributed by atoms with Crippen molar-refractivity contribution in [2.24, 2.45) is 0 Å². The zero-order valence-electron chi connectivity index (χ0n) is 8.26. The molecule has 0 N–H and O–H groups in total. The standard InChI is InChI=1S/C10H11FO2S/c1-6-8(14-3)5-4-7(9(6)11)10(12)13-2/h4-5H,1-3H3. The van der Waals surface area contributed by atoms with Gasteiger partial charge in [-0.3, -0.25) is 0 Å². The molecule has 0 bridgehead atoms. The van der Waals surface area contributed by atoms with Crippen LogP contribution in [0, 0.1) is 12.7 Å². The smallest absolute Gasteiger partial charge is 0.340 e. The van der Waals surface area contributed by atoms with Crippen molar-refractivity contribution >= 4 is 17.7 Å². The summed E-state index contributed by atoms with van der Waals surface area (Å²) in [6.07, 6.45) is 1.86. The molecule has 2 nitrogen and oxygen atoms in total. The Hall–Kier alpha value is -1.03. The van der Waals surface area contributed by atoms with Crippen molar-refractivity contribution in [1.29, 1.82) is 0 Å². The van der Waals surface area contributed by atoms with E-state index in [9.17, 15) is 9.18 Å². The summed E-state index contributed by atoms with van der Waals surface area (Å²) >= 11 is 1.45. The molecule has 0 amide bonds. The number of carbonyl (C=O) groups excluding carboxylic acids is 1. The van der Waals surface area contributed by atoms with E-state index in [0.29, 0.717) is 5.56 Å². The average molecular weight is 214 g/mol. The highest BCUT2D eigenvalue weighted by Crippen LogP contribution is 2.24. The third-order valence-electron chi connectivity index (χ3n) is 1.96. The summed E-state index contributed by atoms with van der Waals surface area (Å²) in [6.45, 7) is 1.65. The lowest BCUT2D eigenvalue weighted by atomic mass is 10.1. The highest BCUT2D eigenvalue weighted by Gasteiger charge is 2.15. The van der Waals surface area contributed by atoms with E-state index in [1.807, 2.05) is 6.26 Å². The number of carbonyl (C=O) groups is 1. The molecule has 76 valence electrons. The van der Waals surface area contributed by atoms with Crippen molar-refractivity contribution in [2.45, 2.75) is 11.8 Å². The summed E-state index contributed by atoms with van der Waals surface area (Å²) < 4.78 is 18.0. The predicted molar refractivity (Wildman–Crippen MR) is 54.3 cm³/mol. The Morgan fingerprint density at radius 1 is 1.50 bits per heavy atom. The van der Waals surface area contributed by atoms with Crippen LogP contribution in [-0.4, -0.2) is 19.3 Å². The molecule has 0 fully saturated rings. The SMILES string of the molecule is COC(=O)c1ccc(SC)c(C)c1F. The van der Waals surface area contributed by atoms with Crippen LogP contribution in [0.15, 0.2) is 17.0 Å². The van der Waals surface area contributed by atoms with Crippen LogP contribution in [0.3, 0.4) is 0 Å². The Kier molecular flexibility index (Phi) is 3.52. The number of halogens is 1. The maximum absolute atomic E-state index is 13.6. The minimum atomic E-state index is -0.641. The lowest BCUT2D eigenvalue weighted by molar-refractivity contribution is 0.0595. The van der Waals surface area contributed by atoms with Crippen LogP contribution >= 0.6 is 11.8 Å². The van der Waals surface area contributed by atoms with Crippen molar-refractivity contribution in [3.63, 3.8) is 0 Å². The third-order valence-corrected chi connectivity index (χ3v) is 2.84. The summed E-state index contributed by atoms with van der Waals surface area (Å²) in [5, 5.41) is 0. The fourth-order valence-electron chi connectivity index (χ4n) is 1.16. The molecule has 0 heterocycles. The zero-order valence-corrected chi connectivity index (χ0v) is 9.07. The topological polar surface area (TPSA) is 26.3 Å². The maximum atomic E-state index is 13.6. The first-order valence-electron chi connectivity index (χ1n) is 4.03. The molecule has 0 aromatic heterocycles. The van der Waals surface area contributed by atoms with Crippen LogP contribution in [0.4, 0.5) is 4.39 Å². The average Bonchev–Trinajstić information content (AvgIpc) is 2.21. The van der Waals surface area contributed by atoms with Gasteiger partial charge in [-0.15, -0.1) is 11.8 Å². The molecular weight excluding hydrogens is 203 g/mol. The van der Waals surface area contributed by atoms with Gasteiger partial charge in [0.2, 0.25) is 0 Å². The molecule has 4 heteroatoms. The lowest BCUT2D eigenvalue weighted by Crippen LogP contribution is -2.06. The second-order valence-electron chi connectivity index (χ2n) is 2.75. The molecule has 0 aliphatic rings. The zero-order chi connectivity index (χ0) is 10.7. The van der Waals surface area contributed by atoms with Crippen LogP contribution in [0.1, 0.15) is 15.9 Å². The van der Waals surface area contributed by atoms with Gasteiger partial charge >= 0.3 is 5.97 Å². The van der Waals surface area contributed by atoms with Gasteiger partial charge in [0.15, 0.2) is 0 Å². The first-order chi connectivity index (χ1) is 6.61. The van der Waals surface area contributed by atoms with E-state index < -0.39 is 11.8 Å². The Labute approximate surface area is 86.5 Å². The molecule has 0 spiro atoms. The summed E-state index contributed by atoms with van der Waals surface area (Å²) in [5.41, 5.74) is 0.475. The maximum Gasteiger partial charge on any atom is 0.340 e. The van der Waals surface area contributed by atoms with Gasteiger partial charge in [-0.1, -0.05) is 0 Å². The van der Waals surface area contributed by atoms with E-state index in [1.54, 1.807) is 13.0 Å². The summed E-state index contributed by atoms with van der Waals surface area (Å²) in [7, 11) is 1.24. The highest BCUT2D eigenvalue weighted by atomic mass is 32.2. The highest BCUT2D eigenvalue weighted by molar-refractivity contribution is 7.98. The number of rotatable bonds is 2. The van der Waals surface area contributed by atoms with Gasteiger partial charge in [0, 0.05) is 4.90 Å². The van der Waals surface area contributed by atoms with Crippen molar-refractivity contribution in [3.05, 3.63) is 29.1 Å². The van der Waals surface area contributed by atoms with E-state index in [-0.39, 0.29) is 5.56 Å². The molecule has 14 heavy (non-hydrogen) atoms. The molecule has 1 aromatic carbocycles. The van der Waals surface area contributed by atoms with Gasteiger partial charge in [0.25, 0.3) is 0 Å². The van der Waals surface area contributed by atoms with E-state index >= 15 is 0 Å². The minimum absolute atomic E-state index is 0.0113. The molecule has 0 unspecified atom stereocenters. The summed E-state index contributed by atoms with van der Waals surface area (Å²) in [5.74, 6) is -1.14. The minimum Gasteiger partial charge on any atom is -0.465 e. The molecule has 0 saturated carbocycles. The normalized spacial score (nSPS) is 10.0. The number of hydrogen-bond acceptors (Lipinski definition) is 3. The van der Waals surface area contributed by atoms with Gasteiger partial charge in [-0.2, -0.15) is 0 Å². The van der Waals surface area contributed by atoms with Gasteiger partial charge in [-0.25, -0.2) is 9.18 Å². The molecule has 1 rings (SSSR count). The number of thioether (sulfide) groups is 1. The van der Waals surface area contributed by atoms with Gasteiger partial charge in [0.05, 0.1) is 12.7 Å². The Balaban J connectivity index is 3.24. The van der Waals surface area contributed by atoms with Crippen molar-refractivity contribution in [3.8, 4) is 0 Å². The number of ether oxygens (including phenoxy) is 1. The van der Waals surface area contributed by atoms with Crippen molar-refractivity contribution in [2.75, 3.05) is 13.4 Å². The number of esters is 1. The summed E-state index contributed by atoms with van der Waals surface area (Å²) in [6, 6.07) is 3.16. The Bertz CT molecular complexity index is 363. The second-order valence-corrected chi connectivity index (χ2v) is 3.59. The molecule has 0 radical (unpaired) electrons. The van der Waals surface area contributed by atoms with Gasteiger partial charge in [0.1, 0.15) is 5.82 Å². The number of methoxy groups -OCH3 is 1. The molecule has 0 atom stereocenters. The number of benzene rings is 1.